The summed E-state index contributed by atoms with van der Waals surface area (Å²) in [6, 6.07) is 18.5. The SMILES string of the molecule is Cc1cc(C)c(NC(=O)CN(c2ccccc2Cl)S(=O)(=O)c2ccccc2)c(C)c1. The van der Waals surface area contributed by atoms with E-state index in [1.54, 1.807) is 42.5 Å². The maximum absolute atomic E-state index is 13.3. The number of benzene rings is 3. The van der Waals surface area contributed by atoms with Crippen LogP contribution in [0.15, 0.2) is 71.6 Å². The van der Waals surface area contributed by atoms with Gasteiger partial charge in [0.25, 0.3) is 10.0 Å². The van der Waals surface area contributed by atoms with Crippen molar-refractivity contribution in [2.24, 2.45) is 0 Å². The molecule has 0 aliphatic carbocycles. The topological polar surface area (TPSA) is 66.5 Å². The molecule has 1 N–H and O–H groups in total. The molecule has 1 amide bonds. The minimum absolute atomic E-state index is 0.0837. The Kier molecular flexibility index (Phi) is 6.48. The Balaban J connectivity index is 1.98. The summed E-state index contributed by atoms with van der Waals surface area (Å²) in [6.07, 6.45) is 0. The van der Waals surface area contributed by atoms with Crippen LogP contribution in [0.5, 0.6) is 0 Å². The Labute approximate surface area is 182 Å². The van der Waals surface area contributed by atoms with Crippen LogP contribution in [0.2, 0.25) is 5.02 Å². The highest BCUT2D eigenvalue weighted by molar-refractivity contribution is 7.92. The lowest BCUT2D eigenvalue weighted by atomic mass is 10.1. The zero-order valence-corrected chi connectivity index (χ0v) is 18.6. The lowest BCUT2D eigenvalue weighted by Crippen LogP contribution is -2.38. The van der Waals surface area contributed by atoms with E-state index in [9.17, 15) is 13.2 Å². The molecule has 0 aliphatic rings. The van der Waals surface area contributed by atoms with Crippen LogP contribution >= 0.6 is 11.6 Å². The van der Waals surface area contributed by atoms with Gasteiger partial charge in [0.15, 0.2) is 0 Å². The average molecular weight is 443 g/mol. The van der Waals surface area contributed by atoms with Gasteiger partial charge in [-0.25, -0.2) is 8.42 Å². The van der Waals surface area contributed by atoms with Gasteiger partial charge in [0.05, 0.1) is 15.6 Å². The van der Waals surface area contributed by atoms with Crippen molar-refractivity contribution in [2.75, 3.05) is 16.2 Å². The number of amides is 1. The lowest BCUT2D eigenvalue weighted by molar-refractivity contribution is -0.114. The summed E-state index contributed by atoms with van der Waals surface area (Å²) in [5.41, 5.74) is 3.84. The molecular formula is C23H23ClN2O3S. The van der Waals surface area contributed by atoms with E-state index >= 15 is 0 Å². The highest BCUT2D eigenvalue weighted by atomic mass is 35.5. The molecule has 0 aromatic heterocycles. The molecule has 3 aromatic carbocycles. The summed E-state index contributed by atoms with van der Waals surface area (Å²) in [5, 5.41) is 3.10. The van der Waals surface area contributed by atoms with Crippen molar-refractivity contribution >= 4 is 38.9 Å². The summed E-state index contributed by atoms with van der Waals surface area (Å²) >= 11 is 6.29. The second-order valence-electron chi connectivity index (χ2n) is 7.10. The number of para-hydroxylation sites is 1. The summed E-state index contributed by atoms with van der Waals surface area (Å²) in [7, 11) is -4.00. The van der Waals surface area contributed by atoms with Gasteiger partial charge in [-0.05, 0) is 56.2 Å². The Morgan fingerprint density at radius 3 is 2.10 bits per heavy atom. The van der Waals surface area contributed by atoms with E-state index in [4.69, 9.17) is 11.6 Å². The van der Waals surface area contributed by atoms with Crippen LogP contribution in [0, 0.1) is 20.8 Å². The fraction of sp³-hybridized carbons (Fsp3) is 0.174. The normalized spacial score (nSPS) is 11.2. The van der Waals surface area contributed by atoms with Crippen LogP contribution in [0.25, 0.3) is 0 Å². The molecule has 0 radical (unpaired) electrons. The van der Waals surface area contributed by atoms with Gasteiger partial charge in [-0.2, -0.15) is 0 Å². The zero-order chi connectivity index (χ0) is 21.9. The summed E-state index contributed by atoms with van der Waals surface area (Å²) in [6.45, 7) is 5.38. The molecule has 5 nitrogen and oxygen atoms in total. The van der Waals surface area contributed by atoms with Crippen LogP contribution in [-0.4, -0.2) is 20.9 Å². The second-order valence-corrected chi connectivity index (χ2v) is 9.37. The first-order valence-electron chi connectivity index (χ1n) is 9.40. The summed E-state index contributed by atoms with van der Waals surface area (Å²) < 4.78 is 27.7. The Morgan fingerprint density at radius 2 is 1.50 bits per heavy atom. The molecule has 0 atom stereocenters. The third kappa shape index (κ3) is 4.66. The summed E-state index contributed by atoms with van der Waals surface area (Å²) in [5.74, 6) is -0.454. The van der Waals surface area contributed by atoms with Gasteiger partial charge < -0.3 is 5.32 Å². The first kappa shape index (κ1) is 21.9. The minimum atomic E-state index is -4.00. The molecular weight excluding hydrogens is 420 g/mol. The molecule has 30 heavy (non-hydrogen) atoms. The highest BCUT2D eigenvalue weighted by Crippen LogP contribution is 2.30. The van der Waals surface area contributed by atoms with Crippen molar-refractivity contribution < 1.29 is 13.2 Å². The van der Waals surface area contributed by atoms with Gasteiger partial charge in [0.2, 0.25) is 5.91 Å². The van der Waals surface area contributed by atoms with Gasteiger partial charge in [-0.3, -0.25) is 9.10 Å². The number of aryl methyl sites for hydroxylation is 3. The number of carbonyl (C=O) groups is 1. The number of anilines is 2. The third-order valence-electron chi connectivity index (χ3n) is 4.68. The Bertz CT molecular complexity index is 1160. The van der Waals surface area contributed by atoms with E-state index in [-0.39, 0.29) is 15.6 Å². The van der Waals surface area contributed by atoms with Crippen molar-refractivity contribution in [1.29, 1.82) is 0 Å². The Morgan fingerprint density at radius 1 is 0.933 bits per heavy atom. The van der Waals surface area contributed by atoms with Gasteiger partial charge >= 0.3 is 0 Å². The van der Waals surface area contributed by atoms with Crippen LogP contribution in [0.1, 0.15) is 16.7 Å². The molecule has 0 bridgehead atoms. The third-order valence-corrected chi connectivity index (χ3v) is 6.77. The van der Waals surface area contributed by atoms with E-state index in [2.05, 4.69) is 5.32 Å². The number of rotatable bonds is 6. The molecule has 0 spiro atoms. The molecule has 7 heteroatoms. The average Bonchev–Trinajstić information content (AvgIpc) is 2.70. The first-order valence-corrected chi connectivity index (χ1v) is 11.2. The molecule has 0 aliphatic heterocycles. The molecule has 0 saturated heterocycles. The zero-order valence-electron chi connectivity index (χ0n) is 17.0. The predicted molar refractivity (Wildman–Crippen MR) is 122 cm³/mol. The van der Waals surface area contributed by atoms with Gasteiger partial charge in [-0.15, -0.1) is 0 Å². The van der Waals surface area contributed by atoms with Crippen molar-refractivity contribution in [2.45, 2.75) is 25.7 Å². The van der Waals surface area contributed by atoms with Crippen LogP contribution in [-0.2, 0) is 14.8 Å². The molecule has 0 saturated carbocycles. The number of nitrogens with one attached hydrogen (secondary N) is 1. The molecule has 0 unspecified atom stereocenters. The highest BCUT2D eigenvalue weighted by Gasteiger charge is 2.28. The van der Waals surface area contributed by atoms with E-state index in [0.717, 1.165) is 21.0 Å². The number of hydrogen-bond donors (Lipinski definition) is 1. The molecule has 0 heterocycles. The van der Waals surface area contributed by atoms with E-state index < -0.39 is 22.5 Å². The van der Waals surface area contributed by atoms with Crippen LogP contribution < -0.4 is 9.62 Å². The largest absolute Gasteiger partial charge is 0.324 e. The number of nitrogens with zero attached hydrogens (tertiary/aromatic N) is 1. The number of hydrogen-bond acceptors (Lipinski definition) is 3. The van der Waals surface area contributed by atoms with Gasteiger partial charge in [-0.1, -0.05) is 59.6 Å². The van der Waals surface area contributed by atoms with Gasteiger partial charge in [0, 0.05) is 5.69 Å². The number of carbonyl (C=O) groups excluding carboxylic acids is 1. The van der Waals surface area contributed by atoms with Crippen molar-refractivity contribution in [3.63, 3.8) is 0 Å². The van der Waals surface area contributed by atoms with Crippen LogP contribution in [0.4, 0.5) is 11.4 Å². The van der Waals surface area contributed by atoms with E-state index in [1.165, 1.54) is 12.1 Å². The molecule has 156 valence electrons. The number of sulfonamides is 1. The molecule has 3 rings (SSSR count). The molecule has 0 fully saturated rings. The Hall–Kier alpha value is -2.83. The fourth-order valence-electron chi connectivity index (χ4n) is 3.36. The maximum Gasteiger partial charge on any atom is 0.264 e. The standard InChI is InChI=1S/C23H23ClN2O3S/c1-16-13-17(2)23(18(3)14-16)25-22(27)15-26(21-12-8-7-11-20(21)24)30(28,29)19-9-5-4-6-10-19/h4-14H,15H2,1-3H3,(H,25,27). The smallest absolute Gasteiger partial charge is 0.264 e. The van der Waals surface area contributed by atoms with Crippen LogP contribution in [0.3, 0.4) is 0 Å². The minimum Gasteiger partial charge on any atom is -0.324 e. The first-order chi connectivity index (χ1) is 14.2. The number of halogens is 1. The fourth-order valence-corrected chi connectivity index (χ4v) is 5.11. The monoisotopic (exact) mass is 442 g/mol. The van der Waals surface area contributed by atoms with Gasteiger partial charge in [0.1, 0.15) is 6.54 Å². The lowest BCUT2D eigenvalue weighted by Gasteiger charge is -2.25. The predicted octanol–water partition coefficient (Wildman–Crippen LogP) is 5.10. The quantitative estimate of drug-likeness (QED) is 0.577. The van der Waals surface area contributed by atoms with Crippen molar-refractivity contribution in [3.05, 3.63) is 88.4 Å². The molecule has 3 aromatic rings. The maximum atomic E-state index is 13.3. The van der Waals surface area contributed by atoms with Crippen molar-refractivity contribution in [1.82, 2.24) is 0 Å². The van der Waals surface area contributed by atoms with E-state index in [0.29, 0.717) is 5.69 Å². The van der Waals surface area contributed by atoms with Crippen molar-refractivity contribution in [3.8, 4) is 0 Å². The van der Waals surface area contributed by atoms with E-state index in [1.807, 2.05) is 32.9 Å². The second kappa shape index (κ2) is 8.90. The summed E-state index contributed by atoms with van der Waals surface area (Å²) in [4.78, 5) is 13.0.